The number of carboxylic acid groups (broad SMARTS) is 1. The van der Waals surface area contributed by atoms with Gasteiger partial charge >= 0.3 is 5.97 Å². The van der Waals surface area contributed by atoms with Crippen molar-refractivity contribution < 1.29 is 24.2 Å². The first-order chi connectivity index (χ1) is 10.1. The largest absolute Gasteiger partial charge is 0.490 e. The molecule has 1 fully saturated rings. The smallest absolute Gasteiger partial charge is 0.310 e. The Balaban J connectivity index is 2.11. The minimum atomic E-state index is -0.860. The molecule has 0 bridgehead atoms. The van der Waals surface area contributed by atoms with Crippen molar-refractivity contribution in [2.24, 2.45) is 5.92 Å². The summed E-state index contributed by atoms with van der Waals surface area (Å²) in [5.74, 6) is -0.372. The second-order valence-electron chi connectivity index (χ2n) is 4.77. The number of likely N-dealkylation sites (tertiary alicyclic amines) is 1. The summed E-state index contributed by atoms with van der Waals surface area (Å²) >= 11 is 0. The van der Waals surface area contributed by atoms with Crippen LogP contribution in [0.25, 0.3) is 0 Å². The zero-order valence-electron chi connectivity index (χ0n) is 12.2. The third kappa shape index (κ3) is 3.26. The predicted molar refractivity (Wildman–Crippen MR) is 75.8 cm³/mol. The van der Waals surface area contributed by atoms with Crippen LogP contribution in [0.5, 0.6) is 11.5 Å². The summed E-state index contributed by atoms with van der Waals surface area (Å²) in [6.45, 7) is 5.23. The normalized spacial score (nSPS) is 14.5. The topological polar surface area (TPSA) is 76.1 Å². The molecule has 0 aromatic heterocycles. The fraction of sp³-hybridized carbons (Fsp3) is 0.467. The second-order valence-corrected chi connectivity index (χ2v) is 4.77. The van der Waals surface area contributed by atoms with E-state index in [1.807, 2.05) is 13.8 Å². The first kappa shape index (κ1) is 15.2. The monoisotopic (exact) mass is 293 g/mol. The highest BCUT2D eigenvalue weighted by atomic mass is 16.5. The summed E-state index contributed by atoms with van der Waals surface area (Å²) < 4.78 is 10.9. The van der Waals surface area contributed by atoms with Crippen molar-refractivity contribution in [1.82, 2.24) is 4.90 Å². The van der Waals surface area contributed by atoms with Gasteiger partial charge in [-0.3, -0.25) is 9.59 Å². The Morgan fingerprint density at radius 1 is 1.19 bits per heavy atom. The van der Waals surface area contributed by atoms with E-state index in [0.717, 1.165) is 0 Å². The lowest BCUT2D eigenvalue weighted by Crippen LogP contribution is -2.53. The number of hydrogen-bond acceptors (Lipinski definition) is 4. The predicted octanol–water partition coefficient (Wildman–Crippen LogP) is 1.64. The zero-order chi connectivity index (χ0) is 15.4. The molecule has 1 aliphatic rings. The Morgan fingerprint density at radius 3 is 2.38 bits per heavy atom. The van der Waals surface area contributed by atoms with E-state index in [1.54, 1.807) is 18.2 Å². The van der Waals surface area contributed by atoms with Gasteiger partial charge < -0.3 is 19.5 Å². The van der Waals surface area contributed by atoms with Crippen molar-refractivity contribution in [2.45, 2.75) is 13.8 Å². The fourth-order valence-electron chi connectivity index (χ4n) is 2.17. The minimum Gasteiger partial charge on any atom is -0.490 e. The van der Waals surface area contributed by atoms with Crippen LogP contribution in [0.4, 0.5) is 0 Å². The first-order valence-corrected chi connectivity index (χ1v) is 6.98. The standard InChI is InChI=1S/C15H19NO5/c1-3-20-12-6-5-10(7-13(12)21-4-2)14(17)16-8-11(9-16)15(18)19/h5-7,11H,3-4,8-9H2,1-2H3,(H,18,19). The number of benzene rings is 1. The van der Waals surface area contributed by atoms with E-state index < -0.39 is 11.9 Å². The minimum absolute atomic E-state index is 0.184. The SMILES string of the molecule is CCOc1ccc(C(=O)N2CC(C(=O)O)C2)cc1OCC. The van der Waals surface area contributed by atoms with Crippen LogP contribution < -0.4 is 9.47 Å². The molecule has 1 saturated heterocycles. The molecule has 1 N–H and O–H groups in total. The molecule has 0 aliphatic carbocycles. The van der Waals surface area contributed by atoms with Crippen LogP contribution in [0.2, 0.25) is 0 Å². The maximum atomic E-state index is 12.3. The molecule has 114 valence electrons. The Labute approximate surface area is 123 Å². The van der Waals surface area contributed by atoms with Crippen molar-refractivity contribution in [3.63, 3.8) is 0 Å². The van der Waals surface area contributed by atoms with E-state index in [2.05, 4.69) is 0 Å². The highest BCUT2D eigenvalue weighted by Crippen LogP contribution is 2.30. The van der Waals surface area contributed by atoms with Gasteiger partial charge in [0.1, 0.15) is 0 Å². The third-order valence-electron chi connectivity index (χ3n) is 3.31. The van der Waals surface area contributed by atoms with E-state index in [-0.39, 0.29) is 19.0 Å². The quantitative estimate of drug-likeness (QED) is 0.863. The van der Waals surface area contributed by atoms with Gasteiger partial charge in [-0.05, 0) is 32.0 Å². The molecule has 1 aromatic rings. The molecule has 6 heteroatoms. The van der Waals surface area contributed by atoms with Gasteiger partial charge in [-0.25, -0.2) is 0 Å². The van der Waals surface area contributed by atoms with Crippen LogP contribution in [-0.2, 0) is 4.79 Å². The van der Waals surface area contributed by atoms with Crippen LogP contribution in [-0.4, -0.2) is 48.2 Å². The average Bonchev–Trinajstić information content (AvgIpc) is 2.39. The number of aliphatic carboxylic acids is 1. The maximum absolute atomic E-state index is 12.3. The van der Waals surface area contributed by atoms with Crippen molar-refractivity contribution in [1.29, 1.82) is 0 Å². The van der Waals surface area contributed by atoms with Crippen LogP contribution >= 0.6 is 0 Å². The lowest BCUT2D eigenvalue weighted by molar-refractivity contribution is -0.146. The van der Waals surface area contributed by atoms with Gasteiger partial charge in [0.25, 0.3) is 5.91 Å². The lowest BCUT2D eigenvalue weighted by Gasteiger charge is -2.36. The lowest BCUT2D eigenvalue weighted by atomic mass is 9.99. The molecule has 1 amide bonds. The van der Waals surface area contributed by atoms with Crippen molar-refractivity contribution >= 4 is 11.9 Å². The summed E-state index contributed by atoms with van der Waals surface area (Å²) in [5, 5.41) is 8.84. The van der Waals surface area contributed by atoms with Crippen LogP contribution in [0, 0.1) is 5.92 Å². The van der Waals surface area contributed by atoms with Crippen molar-refractivity contribution in [3.8, 4) is 11.5 Å². The number of carbonyl (C=O) groups excluding carboxylic acids is 1. The van der Waals surface area contributed by atoms with Crippen molar-refractivity contribution in [3.05, 3.63) is 23.8 Å². The highest BCUT2D eigenvalue weighted by molar-refractivity contribution is 5.96. The van der Waals surface area contributed by atoms with E-state index in [0.29, 0.717) is 30.3 Å². The molecule has 1 aromatic carbocycles. The van der Waals surface area contributed by atoms with Crippen LogP contribution in [0.15, 0.2) is 18.2 Å². The number of carbonyl (C=O) groups is 2. The molecule has 21 heavy (non-hydrogen) atoms. The maximum Gasteiger partial charge on any atom is 0.310 e. The summed E-state index contributed by atoms with van der Waals surface area (Å²) in [6.07, 6.45) is 0. The number of carboxylic acids is 1. The van der Waals surface area contributed by atoms with Gasteiger partial charge in [-0.15, -0.1) is 0 Å². The molecule has 6 nitrogen and oxygen atoms in total. The Hall–Kier alpha value is -2.24. The molecular weight excluding hydrogens is 274 g/mol. The van der Waals surface area contributed by atoms with E-state index in [9.17, 15) is 9.59 Å². The van der Waals surface area contributed by atoms with Gasteiger partial charge in [-0.2, -0.15) is 0 Å². The molecule has 0 saturated carbocycles. The zero-order valence-corrected chi connectivity index (χ0v) is 12.2. The summed E-state index contributed by atoms with van der Waals surface area (Å²) in [6, 6.07) is 5.02. The van der Waals surface area contributed by atoms with Crippen LogP contribution in [0.3, 0.4) is 0 Å². The second kappa shape index (κ2) is 6.47. The number of amides is 1. The van der Waals surface area contributed by atoms with Gasteiger partial charge in [0.15, 0.2) is 11.5 Å². The van der Waals surface area contributed by atoms with Gasteiger partial charge in [0, 0.05) is 18.7 Å². The molecule has 0 atom stereocenters. The van der Waals surface area contributed by atoms with E-state index >= 15 is 0 Å². The molecule has 1 heterocycles. The summed E-state index contributed by atoms with van der Waals surface area (Å²) in [7, 11) is 0. The molecule has 1 aliphatic heterocycles. The number of hydrogen-bond donors (Lipinski definition) is 1. The Bertz CT molecular complexity index is 537. The van der Waals surface area contributed by atoms with Gasteiger partial charge in [0.05, 0.1) is 19.1 Å². The van der Waals surface area contributed by atoms with Gasteiger partial charge in [0.2, 0.25) is 0 Å². The molecular formula is C15H19NO5. The third-order valence-corrected chi connectivity index (χ3v) is 3.31. The average molecular weight is 293 g/mol. The van der Waals surface area contributed by atoms with Crippen molar-refractivity contribution in [2.75, 3.05) is 26.3 Å². The number of rotatable bonds is 6. The molecule has 2 rings (SSSR count). The summed E-state index contributed by atoms with van der Waals surface area (Å²) in [4.78, 5) is 24.5. The van der Waals surface area contributed by atoms with Crippen LogP contribution in [0.1, 0.15) is 24.2 Å². The molecule has 0 radical (unpaired) electrons. The molecule has 0 unspecified atom stereocenters. The van der Waals surface area contributed by atoms with Gasteiger partial charge in [-0.1, -0.05) is 0 Å². The fourth-order valence-corrected chi connectivity index (χ4v) is 2.17. The number of ether oxygens (including phenoxy) is 2. The first-order valence-electron chi connectivity index (χ1n) is 6.98. The van der Waals surface area contributed by atoms with E-state index in [4.69, 9.17) is 14.6 Å². The Kier molecular flexibility index (Phi) is 4.67. The molecule has 0 spiro atoms. The number of nitrogens with zero attached hydrogens (tertiary/aromatic N) is 1. The van der Waals surface area contributed by atoms with E-state index in [1.165, 1.54) is 4.90 Å². The Morgan fingerprint density at radius 2 is 1.81 bits per heavy atom. The highest BCUT2D eigenvalue weighted by Gasteiger charge is 2.36. The summed E-state index contributed by atoms with van der Waals surface area (Å²) in [5.41, 5.74) is 0.478.